The van der Waals surface area contributed by atoms with Gasteiger partial charge in [-0.2, -0.15) is 0 Å². The first-order valence-corrected chi connectivity index (χ1v) is 4.76. The molecule has 0 amide bonds. The van der Waals surface area contributed by atoms with Crippen LogP contribution in [0.5, 0.6) is 0 Å². The summed E-state index contributed by atoms with van der Waals surface area (Å²) in [5, 5.41) is 0. The molecule has 1 heteroatoms. The van der Waals surface area contributed by atoms with Crippen molar-refractivity contribution in [3.8, 4) is 0 Å². The monoisotopic (exact) mass is 164 g/mol. The van der Waals surface area contributed by atoms with E-state index < -0.39 is 0 Å². The molecule has 0 spiro atoms. The summed E-state index contributed by atoms with van der Waals surface area (Å²) in [6.07, 6.45) is 8.18. The summed E-state index contributed by atoms with van der Waals surface area (Å²) in [5.74, 6) is 1.60. The van der Waals surface area contributed by atoms with Gasteiger partial charge < -0.3 is 4.74 Å². The fourth-order valence-electron chi connectivity index (χ4n) is 2.72. The van der Waals surface area contributed by atoms with Crippen molar-refractivity contribution in [1.29, 1.82) is 0 Å². The van der Waals surface area contributed by atoms with Gasteiger partial charge >= 0.3 is 0 Å². The molecule has 1 nitrogen and oxygen atoms in total. The van der Waals surface area contributed by atoms with Crippen LogP contribution in [0.2, 0.25) is 0 Å². The minimum Gasteiger partial charge on any atom is -0.498 e. The van der Waals surface area contributed by atoms with Crippen molar-refractivity contribution < 1.29 is 4.74 Å². The highest BCUT2D eigenvalue weighted by molar-refractivity contribution is 5.18. The highest BCUT2D eigenvalue weighted by atomic mass is 16.5. The van der Waals surface area contributed by atoms with Gasteiger partial charge in [0.1, 0.15) is 6.10 Å². The normalized spacial score (nSPS) is 42.1. The summed E-state index contributed by atoms with van der Waals surface area (Å²) in [6, 6.07) is 0. The van der Waals surface area contributed by atoms with Crippen LogP contribution in [0.25, 0.3) is 0 Å². The quantitative estimate of drug-likeness (QED) is 0.450. The van der Waals surface area contributed by atoms with E-state index in [1.807, 2.05) is 0 Å². The average molecular weight is 164 g/mol. The first-order chi connectivity index (χ1) is 5.85. The van der Waals surface area contributed by atoms with Crippen molar-refractivity contribution in [3.63, 3.8) is 0 Å². The maximum atomic E-state index is 5.47. The molecule has 3 atom stereocenters. The van der Waals surface area contributed by atoms with Crippen molar-refractivity contribution in [2.45, 2.75) is 32.3 Å². The second-order valence-corrected chi connectivity index (χ2v) is 3.84. The Morgan fingerprint density at radius 1 is 1.50 bits per heavy atom. The lowest BCUT2D eigenvalue weighted by atomic mass is 9.92. The molecule has 0 aromatic carbocycles. The van der Waals surface area contributed by atoms with Crippen LogP contribution in [0, 0.1) is 11.8 Å². The van der Waals surface area contributed by atoms with Gasteiger partial charge in [0.15, 0.2) is 0 Å². The van der Waals surface area contributed by atoms with E-state index in [0.717, 1.165) is 11.8 Å². The lowest BCUT2D eigenvalue weighted by Crippen LogP contribution is -2.18. The van der Waals surface area contributed by atoms with Crippen LogP contribution in [0.1, 0.15) is 26.2 Å². The van der Waals surface area contributed by atoms with Gasteiger partial charge in [0.2, 0.25) is 0 Å². The fraction of sp³-hybridized carbons (Fsp3) is 0.636. The van der Waals surface area contributed by atoms with Crippen molar-refractivity contribution in [1.82, 2.24) is 0 Å². The van der Waals surface area contributed by atoms with Crippen molar-refractivity contribution >= 4 is 0 Å². The summed E-state index contributed by atoms with van der Waals surface area (Å²) in [5.41, 5.74) is 1.66. The molecular formula is C11H16O. The predicted octanol–water partition coefficient (Wildman–Crippen LogP) is 2.89. The molecule has 2 aliphatic rings. The Morgan fingerprint density at radius 3 is 2.83 bits per heavy atom. The summed E-state index contributed by atoms with van der Waals surface area (Å²) in [7, 11) is 0. The molecule has 0 saturated heterocycles. The Bertz CT molecular complexity index is 217. The maximum Gasteiger partial charge on any atom is 0.101 e. The van der Waals surface area contributed by atoms with Crippen molar-refractivity contribution in [2.75, 3.05) is 0 Å². The van der Waals surface area contributed by atoms with E-state index >= 15 is 0 Å². The molecule has 2 aliphatic carbocycles. The lowest BCUT2D eigenvalue weighted by molar-refractivity contribution is 0.101. The molecule has 66 valence electrons. The van der Waals surface area contributed by atoms with Crippen LogP contribution < -0.4 is 0 Å². The van der Waals surface area contributed by atoms with Crippen LogP contribution in [0.3, 0.4) is 0 Å². The van der Waals surface area contributed by atoms with E-state index in [9.17, 15) is 0 Å². The smallest absolute Gasteiger partial charge is 0.101 e. The zero-order valence-corrected chi connectivity index (χ0v) is 7.62. The molecule has 2 fully saturated rings. The predicted molar refractivity (Wildman–Crippen MR) is 49.7 cm³/mol. The van der Waals surface area contributed by atoms with E-state index in [1.165, 1.54) is 19.3 Å². The minimum absolute atomic E-state index is 0.469. The largest absolute Gasteiger partial charge is 0.498 e. The van der Waals surface area contributed by atoms with Gasteiger partial charge in [0.25, 0.3) is 0 Å². The Morgan fingerprint density at radius 2 is 2.33 bits per heavy atom. The van der Waals surface area contributed by atoms with Gasteiger partial charge in [-0.25, -0.2) is 0 Å². The Balaban J connectivity index is 2.02. The average Bonchev–Trinajstić information content (AvgIpc) is 2.62. The van der Waals surface area contributed by atoms with E-state index in [4.69, 9.17) is 4.74 Å². The molecule has 0 aliphatic heterocycles. The Labute approximate surface area is 74.1 Å². The van der Waals surface area contributed by atoms with E-state index in [-0.39, 0.29) is 0 Å². The van der Waals surface area contributed by atoms with Gasteiger partial charge in [-0.3, -0.25) is 0 Å². The molecule has 2 rings (SSSR count). The van der Waals surface area contributed by atoms with E-state index in [2.05, 4.69) is 19.6 Å². The van der Waals surface area contributed by atoms with Crippen LogP contribution in [-0.2, 0) is 4.74 Å². The summed E-state index contributed by atoms with van der Waals surface area (Å²) < 4.78 is 5.47. The molecule has 2 saturated carbocycles. The number of rotatable bonds is 2. The summed E-state index contributed by atoms with van der Waals surface area (Å²) in [6.45, 7) is 5.76. The Hall–Kier alpha value is -0.720. The molecule has 2 bridgehead atoms. The van der Waals surface area contributed by atoms with Crippen molar-refractivity contribution in [2.24, 2.45) is 11.8 Å². The molecule has 0 radical (unpaired) electrons. The standard InChI is InChI=1S/C11H16O/c1-3-8-5-10-6-9(8)7-11(10)12-4-2/h3-4,9-11H,2,5-7H2,1H3/b8-3+. The molecular weight excluding hydrogens is 148 g/mol. The SMILES string of the molecule is C=COC1CC2CC1C/C2=C\C. The van der Waals surface area contributed by atoms with E-state index in [1.54, 1.807) is 11.8 Å². The minimum atomic E-state index is 0.469. The first kappa shape index (κ1) is 7.90. The number of hydrogen-bond donors (Lipinski definition) is 0. The van der Waals surface area contributed by atoms with Gasteiger partial charge in [0.05, 0.1) is 6.26 Å². The van der Waals surface area contributed by atoms with Gasteiger partial charge in [0, 0.05) is 5.92 Å². The third-order valence-electron chi connectivity index (χ3n) is 3.29. The third kappa shape index (κ3) is 1.08. The molecule has 0 N–H and O–H groups in total. The fourth-order valence-corrected chi connectivity index (χ4v) is 2.72. The molecule has 0 heterocycles. The third-order valence-corrected chi connectivity index (χ3v) is 3.29. The van der Waals surface area contributed by atoms with Crippen LogP contribution in [-0.4, -0.2) is 6.10 Å². The first-order valence-electron chi connectivity index (χ1n) is 4.76. The molecule has 3 unspecified atom stereocenters. The van der Waals surface area contributed by atoms with Crippen LogP contribution >= 0.6 is 0 Å². The second kappa shape index (κ2) is 2.96. The Kier molecular flexibility index (Phi) is 1.95. The molecule has 0 aromatic heterocycles. The maximum absolute atomic E-state index is 5.47. The highest BCUT2D eigenvalue weighted by Crippen LogP contribution is 2.49. The number of hydrogen-bond acceptors (Lipinski definition) is 1. The van der Waals surface area contributed by atoms with Gasteiger partial charge in [-0.1, -0.05) is 18.2 Å². The zero-order chi connectivity index (χ0) is 8.55. The lowest BCUT2D eigenvalue weighted by Gasteiger charge is -2.22. The topological polar surface area (TPSA) is 9.23 Å². The summed E-state index contributed by atoms with van der Waals surface area (Å²) in [4.78, 5) is 0. The van der Waals surface area contributed by atoms with Crippen LogP contribution in [0.4, 0.5) is 0 Å². The number of ether oxygens (including phenoxy) is 1. The number of allylic oxidation sites excluding steroid dienone is 2. The van der Waals surface area contributed by atoms with E-state index in [0.29, 0.717) is 6.10 Å². The zero-order valence-electron chi connectivity index (χ0n) is 7.62. The molecule has 12 heavy (non-hydrogen) atoms. The highest BCUT2D eigenvalue weighted by Gasteiger charge is 2.43. The molecule has 0 aromatic rings. The summed E-state index contributed by atoms with van der Waals surface area (Å²) >= 11 is 0. The number of fused-ring (bicyclic) bond motifs is 2. The van der Waals surface area contributed by atoms with Gasteiger partial charge in [-0.15, -0.1) is 0 Å². The van der Waals surface area contributed by atoms with Crippen molar-refractivity contribution in [3.05, 3.63) is 24.5 Å². The second-order valence-electron chi connectivity index (χ2n) is 3.84. The van der Waals surface area contributed by atoms with Gasteiger partial charge in [-0.05, 0) is 32.1 Å². The van der Waals surface area contributed by atoms with Crippen LogP contribution in [0.15, 0.2) is 24.5 Å².